The van der Waals surface area contributed by atoms with Gasteiger partial charge in [-0.2, -0.15) is 5.10 Å². The summed E-state index contributed by atoms with van der Waals surface area (Å²) in [6.45, 7) is 4.25. The summed E-state index contributed by atoms with van der Waals surface area (Å²) in [6.07, 6.45) is 4.55. The van der Waals surface area contributed by atoms with Gasteiger partial charge in [0.2, 0.25) is 11.8 Å². The summed E-state index contributed by atoms with van der Waals surface area (Å²) in [6, 6.07) is 16.6. The van der Waals surface area contributed by atoms with Gasteiger partial charge in [-0.25, -0.2) is 4.98 Å². The molecule has 2 aliphatic rings. The van der Waals surface area contributed by atoms with Crippen LogP contribution in [-0.2, 0) is 11.3 Å². The third kappa shape index (κ3) is 3.82. The normalized spacial score (nSPS) is 20.0. The maximum absolute atomic E-state index is 11.7. The van der Waals surface area contributed by atoms with Gasteiger partial charge >= 0.3 is 0 Å². The van der Waals surface area contributed by atoms with Crippen LogP contribution in [0.25, 0.3) is 22.2 Å². The van der Waals surface area contributed by atoms with E-state index in [1.54, 1.807) is 19.3 Å². The lowest BCUT2D eigenvalue weighted by Crippen LogP contribution is -2.47. The third-order valence-corrected chi connectivity index (χ3v) is 6.61. The number of nitrogens with one attached hydrogen (secondary N) is 1. The Bertz CT molecular complexity index is 1300. The average molecular weight is 441 g/mol. The number of likely N-dealkylation sites (tertiary alicyclic amines) is 2. The van der Waals surface area contributed by atoms with Crippen LogP contribution in [0.15, 0.2) is 60.9 Å². The molecule has 2 atom stereocenters. The molecule has 4 aromatic rings. The molecule has 8 nitrogen and oxygen atoms in total. The number of hydrogen-bond acceptors (Lipinski definition) is 6. The number of aromatic amines is 1. The fourth-order valence-electron chi connectivity index (χ4n) is 4.97. The van der Waals surface area contributed by atoms with Gasteiger partial charge < -0.3 is 9.64 Å². The fraction of sp³-hybridized carbons (Fsp3) is 0.280. The predicted molar refractivity (Wildman–Crippen MR) is 124 cm³/mol. The maximum atomic E-state index is 11.7. The van der Waals surface area contributed by atoms with E-state index in [0.717, 1.165) is 59.7 Å². The molecule has 0 unspecified atom stereocenters. The number of aromatic nitrogens is 4. The number of benzene rings is 1. The summed E-state index contributed by atoms with van der Waals surface area (Å²) in [5.74, 6) is 1.44. The second kappa shape index (κ2) is 7.97. The van der Waals surface area contributed by atoms with E-state index >= 15 is 0 Å². The molecule has 2 fully saturated rings. The van der Waals surface area contributed by atoms with Crippen LogP contribution in [-0.4, -0.2) is 61.0 Å². The van der Waals surface area contributed by atoms with Crippen molar-refractivity contribution >= 4 is 16.8 Å². The Morgan fingerprint density at radius 3 is 2.79 bits per heavy atom. The quantitative estimate of drug-likeness (QED) is 0.510. The first kappa shape index (κ1) is 19.9. The van der Waals surface area contributed by atoms with Gasteiger partial charge in [0.15, 0.2) is 0 Å². The van der Waals surface area contributed by atoms with Crippen molar-refractivity contribution in [3.63, 3.8) is 0 Å². The lowest BCUT2D eigenvalue weighted by atomic mass is 10.2. The highest BCUT2D eigenvalue weighted by Gasteiger charge is 2.44. The Kier molecular flexibility index (Phi) is 4.80. The van der Waals surface area contributed by atoms with Crippen LogP contribution in [0.5, 0.6) is 11.6 Å². The van der Waals surface area contributed by atoms with E-state index < -0.39 is 0 Å². The summed E-state index contributed by atoms with van der Waals surface area (Å²) in [4.78, 5) is 25.5. The van der Waals surface area contributed by atoms with Crippen molar-refractivity contribution in [1.29, 1.82) is 0 Å². The first-order valence-corrected chi connectivity index (χ1v) is 11.2. The van der Waals surface area contributed by atoms with E-state index in [-0.39, 0.29) is 5.91 Å². The Morgan fingerprint density at radius 2 is 2.06 bits per heavy atom. The minimum absolute atomic E-state index is 0.188. The molecule has 33 heavy (non-hydrogen) atoms. The predicted octanol–water partition coefficient (Wildman–Crippen LogP) is 3.62. The number of nitrogens with zero attached hydrogens (tertiary/aromatic N) is 5. The van der Waals surface area contributed by atoms with Gasteiger partial charge in [-0.05, 0) is 42.8 Å². The lowest BCUT2D eigenvalue weighted by molar-refractivity contribution is -0.131. The van der Waals surface area contributed by atoms with E-state index in [1.807, 2.05) is 41.3 Å². The molecule has 5 heterocycles. The van der Waals surface area contributed by atoms with Crippen molar-refractivity contribution in [3.8, 4) is 22.9 Å². The molecular formula is C25H24N6O2. The zero-order valence-electron chi connectivity index (χ0n) is 18.3. The number of fused-ring (bicyclic) bond motifs is 3. The largest absolute Gasteiger partial charge is 0.439 e. The number of carbonyl (C=O) groups is 1. The second-order valence-corrected chi connectivity index (χ2v) is 8.76. The number of carbonyl (C=O) groups excluding carboxylic acids is 1. The van der Waals surface area contributed by atoms with Gasteiger partial charge in [0, 0.05) is 68.1 Å². The monoisotopic (exact) mass is 440 g/mol. The van der Waals surface area contributed by atoms with Crippen LogP contribution in [0.3, 0.4) is 0 Å². The average Bonchev–Trinajstić information content (AvgIpc) is 3.57. The van der Waals surface area contributed by atoms with Crippen LogP contribution in [0.2, 0.25) is 0 Å². The molecule has 0 spiro atoms. The van der Waals surface area contributed by atoms with Crippen molar-refractivity contribution in [2.45, 2.75) is 32.0 Å². The van der Waals surface area contributed by atoms with Crippen molar-refractivity contribution in [3.05, 3.63) is 66.6 Å². The molecule has 2 aliphatic heterocycles. The molecule has 6 rings (SSSR count). The van der Waals surface area contributed by atoms with E-state index in [9.17, 15) is 4.79 Å². The van der Waals surface area contributed by atoms with Crippen molar-refractivity contribution in [2.75, 3.05) is 13.1 Å². The molecule has 1 amide bonds. The Hall–Kier alpha value is -3.78. The maximum Gasteiger partial charge on any atom is 0.219 e. The van der Waals surface area contributed by atoms with Gasteiger partial charge in [0.25, 0.3) is 0 Å². The highest BCUT2D eigenvalue weighted by Crippen LogP contribution is 2.32. The van der Waals surface area contributed by atoms with Crippen LogP contribution < -0.4 is 4.74 Å². The van der Waals surface area contributed by atoms with Crippen LogP contribution in [0.1, 0.15) is 19.0 Å². The number of amides is 1. The van der Waals surface area contributed by atoms with Crippen molar-refractivity contribution in [1.82, 2.24) is 30.0 Å². The molecule has 1 N–H and O–H groups in total. The molecule has 166 valence electrons. The summed E-state index contributed by atoms with van der Waals surface area (Å²) < 4.78 is 5.95. The summed E-state index contributed by atoms with van der Waals surface area (Å²) in [5, 5.41) is 7.92. The number of hydrogen-bond donors (Lipinski definition) is 1. The van der Waals surface area contributed by atoms with Gasteiger partial charge in [-0.1, -0.05) is 6.07 Å². The summed E-state index contributed by atoms with van der Waals surface area (Å²) in [7, 11) is 0. The molecular weight excluding hydrogens is 416 g/mol. The van der Waals surface area contributed by atoms with Gasteiger partial charge in [0.05, 0.1) is 16.9 Å². The van der Waals surface area contributed by atoms with E-state index in [1.165, 1.54) is 0 Å². The minimum Gasteiger partial charge on any atom is -0.439 e. The number of rotatable bonds is 5. The van der Waals surface area contributed by atoms with E-state index in [4.69, 9.17) is 9.72 Å². The Balaban J connectivity index is 1.13. The number of ether oxygens (including phenoxy) is 1. The molecule has 2 saturated heterocycles. The second-order valence-electron chi connectivity index (χ2n) is 8.76. The minimum atomic E-state index is 0.188. The summed E-state index contributed by atoms with van der Waals surface area (Å²) >= 11 is 0. The van der Waals surface area contributed by atoms with Crippen molar-refractivity contribution in [2.24, 2.45) is 0 Å². The fourth-order valence-corrected chi connectivity index (χ4v) is 4.97. The molecule has 0 radical (unpaired) electrons. The Labute approximate surface area is 191 Å². The molecule has 3 aromatic heterocycles. The van der Waals surface area contributed by atoms with Crippen LogP contribution in [0, 0.1) is 0 Å². The third-order valence-electron chi connectivity index (χ3n) is 6.61. The zero-order chi connectivity index (χ0) is 22.4. The van der Waals surface area contributed by atoms with Crippen molar-refractivity contribution < 1.29 is 9.53 Å². The number of H-pyrrole nitrogens is 1. The number of piperazine rings is 1. The number of pyridine rings is 2. The van der Waals surface area contributed by atoms with E-state index in [2.05, 4.69) is 32.2 Å². The topological polar surface area (TPSA) is 87.2 Å². The Morgan fingerprint density at radius 1 is 1.12 bits per heavy atom. The standard InChI is InChI=1S/C25H24N6O2/c1-16(32)31-15-20-11-21(31)14-30(20)13-19-4-2-17-10-22(5-6-23(17)28-19)33-25-7-3-18(12-26-25)24-8-9-27-29-24/h2-10,12,20-21H,11,13-15H2,1H3,(H,27,29)/t20-,21-/m0/s1. The van der Waals surface area contributed by atoms with E-state index in [0.29, 0.717) is 18.0 Å². The van der Waals surface area contributed by atoms with Gasteiger partial charge in [-0.15, -0.1) is 0 Å². The van der Waals surface area contributed by atoms with Gasteiger partial charge in [-0.3, -0.25) is 19.8 Å². The first-order chi connectivity index (χ1) is 16.1. The summed E-state index contributed by atoms with van der Waals surface area (Å²) in [5.41, 5.74) is 3.86. The smallest absolute Gasteiger partial charge is 0.219 e. The first-order valence-electron chi connectivity index (χ1n) is 11.2. The molecule has 0 saturated carbocycles. The van der Waals surface area contributed by atoms with Gasteiger partial charge in [0.1, 0.15) is 5.75 Å². The lowest BCUT2D eigenvalue weighted by Gasteiger charge is -2.33. The molecule has 8 heteroatoms. The zero-order valence-corrected chi connectivity index (χ0v) is 18.3. The highest BCUT2D eigenvalue weighted by atomic mass is 16.5. The highest BCUT2D eigenvalue weighted by molar-refractivity contribution is 5.80. The molecule has 2 bridgehead atoms. The van der Waals surface area contributed by atoms with Crippen LogP contribution >= 0.6 is 0 Å². The molecule has 0 aliphatic carbocycles. The molecule has 1 aromatic carbocycles. The SMILES string of the molecule is CC(=O)N1C[C@@H]2C[C@H]1CN2Cc1ccc2cc(Oc3ccc(-c4ccn[nH]4)cn3)ccc2n1. The van der Waals surface area contributed by atoms with Crippen LogP contribution in [0.4, 0.5) is 0 Å².